The Bertz CT molecular complexity index is 107. The average Bonchev–Trinajstić information content (AvgIpc) is 1.86. The molecule has 1 aliphatic rings. The van der Waals surface area contributed by atoms with Gasteiger partial charge in [0.05, 0.1) is 0 Å². The van der Waals surface area contributed by atoms with E-state index in [1.165, 1.54) is 0 Å². The average molecular weight is 185 g/mol. The third kappa shape index (κ3) is 0.772. The summed E-state index contributed by atoms with van der Waals surface area (Å²) in [5.41, 5.74) is 5.19. The van der Waals surface area contributed by atoms with Gasteiger partial charge in [-0.2, -0.15) is 0 Å². The van der Waals surface area contributed by atoms with E-state index in [2.05, 4.69) is 3.76 Å². The molecule has 0 radical (unpaired) electrons. The summed E-state index contributed by atoms with van der Waals surface area (Å²) in [7, 11) is 0. The second-order valence-electron chi connectivity index (χ2n) is 1.02. The Morgan fingerprint density at radius 1 is 1.83 bits per heavy atom. The van der Waals surface area contributed by atoms with Gasteiger partial charge in [-0.05, 0) is 0 Å². The van der Waals surface area contributed by atoms with Crippen molar-refractivity contribution in [3.63, 3.8) is 0 Å². The molecule has 0 aromatic rings. The van der Waals surface area contributed by atoms with E-state index in [1.54, 1.807) is 0 Å². The van der Waals surface area contributed by atoms with E-state index in [4.69, 9.17) is 8.59 Å². The van der Waals surface area contributed by atoms with Crippen molar-refractivity contribution in [1.82, 2.24) is 0 Å². The van der Waals surface area contributed by atoms with Crippen LogP contribution in [-0.4, -0.2) is 26.6 Å². The van der Waals surface area contributed by atoms with E-state index < -0.39 is 22.9 Å². The molecule has 2 nitrogen and oxygen atoms in total. The number of hydrogen-bond donors (Lipinski definition) is 1. The van der Waals surface area contributed by atoms with Crippen molar-refractivity contribution < 1.29 is 2.85 Å². The molecule has 1 aliphatic heterocycles. The molecular formula is C3H4InNO. The fourth-order valence-electron chi connectivity index (χ4n) is 0.291. The second-order valence-corrected chi connectivity index (χ2v) is 3.56. The van der Waals surface area contributed by atoms with Crippen LogP contribution in [0.25, 0.3) is 0 Å². The first-order valence-electron chi connectivity index (χ1n) is 1.68. The van der Waals surface area contributed by atoms with Crippen LogP contribution < -0.4 is 5.73 Å². The van der Waals surface area contributed by atoms with Crippen molar-refractivity contribution in [2.75, 3.05) is 0 Å². The summed E-state index contributed by atoms with van der Waals surface area (Å²) in [5.74, 6) is 0.608. The first-order valence-corrected chi connectivity index (χ1v) is 4.93. The molecule has 0 aliphatic carbocycles. The van der Waals surface area contributed by atoms with Crippen LogP contribution in [0.5, 0.6) is 0 Å². The Morgan fingerprint density at radius 3 is 2.83 bits per heavy atom. The van der Waals surface area contributed by atoms with Gasteiger partial charge in [-0.1, -0.05) is 0 Å². The molecule has 0 saturated heterocycles. The Hall–Kier alpha value is 0.0801. The predicted molar refractivity (Wildman–Crippen MR) is 25.2 cm³/mol. The third-order valence-electron chi connectivity index (χ3n) is 0.543. The minimum atomic E-state index is -0.712. The standard InChI is InChI=1S/C3H5NO.In/c1-2-3(4)5;/h1-2,5H,4H2;/q;+1/p-1. The van der Waals surface area contributed by atoms with Crippen LogP contribution in [0.15, 0.2) is 12.0 Å². The molecule has 30 valence electrons. The van der Waals surface area contributed by atoms with Gasteiger partial charge in [-0.25, -0.2) is 0 Å². The molecular weight excluding hydrogens is 181 g/mol. The van der Waals surface area contributed by atoms with Crippen molar-refractivity contribution in [3.05, 3.63) is 12.0 Å². The molecule has 1 rings (SSSR count). The molecule has 0 atom stereocenters. The van der Waals surface area contributed by atoms with Crippen LogP contribution in [0.4, 0.5) is 0 Å². The first-order chi connectivity index (χ1) is 2.89. The summed E-state index contributed by atoms with van der Waals surface area (Å²) >= 11 is -0.712. The number of hydrogen-bond acceptors (Lipinski definition) is 2. The van der Waals surface area contributed by atoms with Gasteiger partial charge in [-0.3, -0.25) is 0 Å². The normalized spacial score (nSPS) is 15.7. The summed E-state index contributed by atoms with van der Waals surface area (Å²) in [6.45, 7) is 0. The first kappa shape index (κ1) is 4.24. The summed E-state index contributed by atoms with van der Waals surface area (Å²) in [4.78, 5) is 0. The van der Waals surface area contributed by atoms with Gasteiger partial charge in [0.15, 0.2) is 0 Å². The summed E-state index contributed by atoms with van der Waals surface area (Å²) in [6, 6.07) is 0. The third-order valence-corrected chi connectivity index (χ3v) is 2.71. The zero-order chi connectivity index (χ0) is 4.41. The van der Waals surface area contributed by atoms with Crippen molar-refractivity contribution in [2.24, 2.45) is 5.73 Å². The molecule has 0 saturated carbocycles. The van der Waals surface area contributed by atoms with Crippen LogP contribution in [-0.2, 0) is 2.85 Å². The fourth-order valence-corrected chi connectivity index (χ4v) is 1.95. The molecule has 0 amide bonds. The molecule has 0 aromatic heterocycles. The number of allylic oxidation sites excluding steroid dienone is 1. The maximum absolute atomic E-state index is 5.19. The number of nitrogens with two attached hydrogens (primary N) is 1. The molecule has 0 aromatic carbocycles. The van der Waals surface area contributed by atoms with Gasteiger partial charge in [0.2, 0.25) is 0 Å². The van der Waals surface area contributed by atoms with E-state index in [1.807, 2.05) is 6.08 Å². The summed E-state index contributed by atoms with van der Waals surface area (Å²) in [6.07, 6.45) is 1.83. The summed E-state index contributed by atoms with van der Waals surface area (Å²) < 4.78 is 6.99. The monoisotopic (exact) mass is 185 g/mol. The number of rotatable bonds is 0. The molecule has 6 heavy (non-hydrogen) atoms. The quantitative estimate of drug-likeness (QED) is 0.538. The molecule has 0 unspecified atom stereocenters. The molecule has 3 heteroatoms. The fraction of sp³-hybridized carbons (Fsp3) is 0. The van der Waals surface area contributed by atoms with Gasteiger partial charge < -0.3 is 0 Å². The van der Waals surface area contributed by atoms with Gasteiger partial charge in [0.1, 0.15) is 0 Å². The van der Waals surface area contributed by atoms with Crippen molar-refractivity contribution in [2.45, 2.75) is 0 Å². The van der Waals surface area contributed by atoms with Crippen LogP contribution in [0.2, 0.25) is 0 Å². The van der Waals surface area contributed by atoms with Gasteiger partial charge in [0.25, 0.3) is 0 Å². The van der Waals surface area contributed by atoms with Gasteiger partial charge in [-0.15, -0.1) is 0 Å². The van der Waals surface area contributed by atoms with E-state index in [-0.39, 0.29) is 0 Å². The van der Waals surface area contributed by atoms with Crippen LogP contribution in [0.3, 0.4) is 0 Å². The Balaban J connectivity index is 2.61. The van der Waals surface area contributed by atoms with Crippen molar-refractivity contribution >= 4 is 26.6 Å². The van der Waals surface area contributed by atoms with E-state index in [9.17, 15) is 0 Å². The molecule has 0 spiro atoms. The van der Waals surface area contributed by atoms with Crippen molar-refractivity contribution in [1.29, 1.82) is 0 Å². The Morgan fingerprint density at radius 2 is 2.67 bits per heavy atom. The topological polar surface area (TPSA) is 35.2 Å². The van der Waals surface area contributed by atoms with E-state index in [0.29, 0.717) is 5.88 Å². The maximum atomic E-state index is 5.19. The minimum absolute atomic E-state index is 0.608. The molecule has 0 fully saturated rings. The van der Waals surface area contributed by atoms with E-state index >= 15 is 0 Å². The molecule has 1 heterocycles. The zero-order valence-electron chi connectivity index (χ0n) is 3.22. The van der Waals surface area contributed by atoms with Crippen LogP contribution in [0, 0.1) is 0 Å². The SMILES string of the molecule is NC1=C[CH]=[In][O]1. The van der Waals surface area contributed by atoms with Gasteiger partial charge in [0, 0.05) is 0 Å². The molecule has 0 bridgehead atoms. The van der Waals surface area contributed by atoms with Gasteiger partial charge >= 0.3 is 47.2 Å². The second kappa shape index (κ2) is 1.69. The van der Waals surface area contributed by atoms with E-state index in [0.717, 1.165) is 0 Å². The Kier molecular flexibility index (Phi) is 1.19. The zero-order valence-corrected chi connectivity index (χ0v) is 6.51. The van der Waals surface area contributed by atoms with Crippen molar-refractivity contribution in [3.8, 4) is 0 Å². The Labute approximate surface area is 47.4 Å². The van der Waals surface area contributed by atoms with Crippen LogP contribution >= 0.6 is 0 Å². The predicted octanol–water partition coefficient (Wildman–Crippen LogP) is -0.762. The van der Waals surface area contributed by atoms with Crippen LogP contribution in [0.1, 0.15) is 0 Å². The molecule has 2 N–H and O–H groups in total. The summed E-state index contributed by atoms with van der Waals surface area (Å²) in [5, 5.41) is 0.